The van der Waals surface area contributed by atoms with E-state index < -0.39 is 0 Å². The Kier molecular flexibility index (Phi) is 4.74. The zero-order valence-electron chi connectivity index (χ0n) is 9.06. The predicted octanol–water partition coefficient (Wildman–Crippen LogP) is 0.601. The molecule has 1 heterocycles. The number of hydrogen-bond donors (Lipinski definition) is 2. The molecule has 1 aromatic heterocycles. The summed E-state index contributed by atoms with van der Waals surface area (Å²) >= 11 is 1.74. The molecule has 5 heteroatoms. The lowest BCUT2D eigenvalue weighted by Gasteiger charge is -2.22. The zero-order valence-corrected chi connectivity index (χ0v) is 9.88. The number of nitrogens with zero attached hydrogens (tertiary/aromatic N) is 1. The van der Waals surface area contributed by atoms with Gasteiger partial charge in [0.05, 0.1) is 6.04 Å². The molecule has 1 rings (SSSR count). The van der Waals surface area contributed by atoms with Gasteiger partial charge in [0.1, 0.15) is 0 Å². The van der Waals surface area contributed by atoms with Crippen LogP contribution in [0.3, 0.4) is 0 Å². The second-order valence-corrected chi connectivity index (χ2v) is 4.53. The van der Waals surface area contributed by atoms with Crippen molar-refractivity contribution < 1.29 is 4.79 Å². The maximum absolute atomic E-state index is 11.2. The number of rotatable bonds is 5. The van der Waals surface area contributed by atoms with Crippen molar-refractivity contribution in [2.75, 3.05) is 13.6 Å². The minimum absolute atomic E-state index is 0.149. The summed E-state index contributed by atoms with van der Waals surface area (Å²) in [6.45, 7) is 2.70. The van der Waals surface area contributed by atoms with Gasteiger partial charge in [0.2, 0.25) is 0 Å². The van der Waals surface area contributed by atoms with Gasteiger partial charge in [-0.1, -0.05) is 6.07 Å². The molecule has 1 aromatic rings. The van der Waals surface area contributed by atoms with Crippen LogP contribution in [0.2, 0.25) is 0 Å². The Morgan fingerprint density at radius 2 is 2.47 bits per heavy atom. The van der Waals surface area contributed by atoms with Crippen LogP contribution in [0.25, 0.3) is 0 Å². The lowest BCUT2D eigenvalue weighted by molar-refractivity contribution is -0.125. The molecule has 0 saturated heterocycles. The number of thiophene rings is 1. The van der Waals surface area contributed by atoms with Crippen molar-refractivity contribution in [1.29, 1.82) is 0 Å². The lowest BCUT2D eigenvalue weighted by Crippen LogP contribution is -2.46. The van der Waals surface area contributed by atoms with Gasteiger partial charge < -0.3 is 0 Å². The van der Waals surface area contributed by atoms with Gasteiger partial charge in [-0.25, -0.2) is 5.84 Å². The van der Waals surface area contributed by atoms with Gasteiger partial charge in [0, 0.05) is 11.4 Å². The van der Waals surface area contributed by atoms with Crippen LogP contribution in [0.1, 0.15) is 11.8 Å². The van der Waals surface area contributed by atoms with Crippen LogP contribution < -0.4 is 11.3 Å². The van der Waals surface area contributed by atoms with Gasteiger partial charge in [0.15, 0.2) is 0 Å². The number of hydrogen-bond acceptors (Lipinski definition) is 4. The fraction of sp³-hybridized carbons (Fsp3) is 0.500. The topological polar surface area (TPSA) is 58.4 Å². The van der Waals surface area contributed by atoms with Crippen LogP contribution in [-0.4, -0.2) is 30.4 Å². The van der Waals surface area contributed by atoms with Gasteiger partial charge in [-0.05, 0) is 31.8 Å². The Morgan fingerprint density at radius 3 is 3.00 bits per heavy atom. The van der Waals surface area contributed by atoms with Gasteiger partial charge in [-0.2, -0.15) is 0 Å². The molecule has 0 aromatic carbocycles. The van der Waals surface area contributed by atoms with E-state index in [1.54, 1.807) is 11.3 Å². The molecule has 0 radical (unpaired) electrons. The first kappa shape index (κ1) is 12.2. The lowest BCUT2D eigenvalue weighted by atomic mass is 10.2. The van der Waals surface area contributed by atoms with E-state index in [2.05, 4.69) is 16.9 Å². The van der Waals surface area contributed by atoms with E-state index in [1.807, 2.05) is 24.9 Å². The number of carbonyl (C=O) groups is 1. The quantitative estimate of drug-likeness (QED) is 0.440. The van der Waals surface area contributed by atoms with Crippen molar-refractivity contribution in [1.82, 2.24) is 10.3 Å². The predicted molar refractivity (Wildman–Crippen MR) is 62.4 cm³/mol. The van der Waals surface area contributed by atoms with Crippen molar-refractivity contribution in [3.63, 3.8) is 0 Å². The SMILES string of the molecule is CC(C(=O)NN)N(C)CCc1cccs1. The Morgan fingerprint density at radius 1 is 1.73 bits per heavy atom. The van der Waals surface area contributed by atoms with Crippen LogP contribution in [0.15, 0.2) is 17.5 Å². The first-order chi connectivity index (χ1) is 7.15. The van der Waals surface area contributed by atoms with Crippen LogP contribution >= 0.6 is 11.3 Å². The van der Waals surface area contributed by atoms with E-state index >= 15 is 0 Å². The molecule has 4 nitrogen and oxygen atoms in total. The van der Waals surface area contributed by atoms with Crippen molar-refractivity contribution in [2.45, 2.75) is 19.4 Å². The van der Waals surface area contributed by atoms with E-state index in [9.17, 15) is 4.79 Å². The average molecular weight is 227 g/mol. The summed E-state index contributed by atoms with van der Waals surface area (Å²) < 4.78 is 0. The van der Waals surface area contributed by atoms with E-state index in [0.717, 1.165) is 13.0 Å². The summed E-state index contributed by atoms with van der Waals surface area (Å²) in [4.78, 5) is 14.6. The highest BCUT2D eigenvalue weighted by Crippen LogP contribution is 2.10. The van der Waals surface area contributed by atoms with Crippen molar-refractivity contribution in [2.24, 2.45) is 5.84 Å². The van der Waals surface area contributed by atoms with Crippen molar-refractivity contribution >= 4 is 17.2 Å². The molecule has 3 N–H and O–H groups in total. The molecule has 1 unspecified atom stereocenters. The Bertz CT molecular complexity index is 300. The number of carbonyl (C=O) groups excluding carboxylic acids is 1. The van der Waals surface area contributed by atoms with Crippen LogP contribution in [0.5, 0.6) is 0 Å². The van der Waals surface area contributed by atoms with Crippen LogP contribution in [0, 0.1) is 0 Å². The maximum Gasteiger partial charge on any atom is 0.250 e. The summed E-state index contributed by atoms with van der Waals surface area (Å²) in [5, 5.41) is 2.06. The minimum Gasteiger partial charge on any atom is -0.295 e. The van der Waals surface area contributed by atoms with E-state index in [0.29, 0.717) is 0 Å². The highest BCUT2D eigenvalue weighted by molar-refractivity contribution is 7.09. The molecule has 0 fully saturated rings. The van der Waals surface area contributed by atoms with E-state index in [4.69, 9.17) is 5.84 Å². The third-order valence-electron chi connectivity index (χ3n) is 2.47. The first-order valence-corrected chi connectivity index (χ1v) is 5.76. The zero-order chi connectivity index (χ0) is 11.3. The summed E-state index contributed by atoms with van der Waals surface area (Å²) in [6, 6.07) is 3.96. The highest BCUT2D eigenvalue weighted by atomic mass is 32.1. The Balaban J connectivity index is 2.35. The fourth-order valence-corrected chi connectivity index (χ4v) is 1.95. The average Bonchev–Trinajstić information content (AvgIpc) is 2.76. The molecule has 84 valence electrons. The molecular weight excluding hydrogens is 210 g/mol. The fourth-order valence-electron chi connectivity index (χ4n) is 1.26. The molecule has 0 aliphatic carbocycles. The smallest absolute Gasteiger partial charge is 0.250 e. The van der Waals surface area contributed by atoms with Crippen LogP contribution in [0.4, 0.5) is 0 Å². The number of hydrazine groups is 1. The van der Waals surface area contributed by atoms with Gasteiger partial charge in [0.25, 0.3) is 5.91 Å². The van der Waals surface area contributed by atoms with E-state index in [1.165, 1.54) is 4.88 Å². The largest absolute Gasteiger partial charge is 0.295 e. The molecule has 0 aliphatic heterocycles. The molecule has 0 spiro atoms. The Labute approximate surface area is 94.0 Å². The maximum atomic E-state index is 11.2. The second-order valence-electron chi connectivity index (χ2n) is 3.49. The summed E-state index contributed by atoms with van der Waals surface area (Å²) in [5.74, 6) is 4.93. The molecule has 1 amide bonds. The second kappa shape index (κ2) is 5.85. The highest BCUT2D eigenvalue weighted by Gasteiger charge is 2.16. The molecule has 0 bridgehead atoms. The Hall–Kier alpha value is -0.910. The summed E-state index contributed by atoms with van der Waals surface area (Å²) in [5.41, 5.74) is 2.16. The summed E-state index contributed by atoms with van der Waals surface area (Å²) in [7, 11) is 1.92. The minimum atomic E-state index is -0.185. The van der Waals surface area contributed by atoms with Crippen molar-refractivity contribution in [3.8, 4) is 0 Å². The molecule has 0 aliphatic rings. The van der Waals surface area contributed by atoms with E-state index in [-0.39, 0.29) is 11.9 Å². The number of nitrogens with one attached hydrogen (secondary N) is 1. The third-order valence-corrected chi connectivity index (χ3v) is 3.41. The first-order valence-electron chi connectivity index (χ1n) is 4.88. The monoisotopic (exact) mass is 227 g/mol. The molecular formula is C10H17N3OS. The number of amides is 1. The van der Waals surface area contributed by atoms with Crippen molar-refractivity contribution in [3.05, 3.63) is 22.4 Å². The molecule has 15 heavy (non-hydrogen) atoms. The number of likely N-dealkylation sites (N-methyl/N-ethyl adjacent to an activating group) is 1. The molecule has 1 atom stereocenters. The van der Waals surface area contributed by atoms with Crippen LogP contribution in [-0.2, 0) is 11.2 Å². The van der Waals surface area contributed by atoms with Gasteiger partial charge in [-0.15, -0.1) is 11.3 Å². The summed E-state index contributed by atoms with van der Waals surface area (Å²) in [6.07, 6.45) is 0.969. The normalized spacial score (nSPS) is 12.8. The van der Waals surface area contributed by atoms with Gasteiger partial charge >= 0.3 is 0 Å². The third kappa shape index (κ3) is 3.62. The van der Waals surface area contributed by atoms with Gasteiger partial charge in [-0.3, -0.25) is 15.1 Å². The standard InChI is InChI=1S/C10H17N3OS/c1-8(10(14)12-11)13(2)6-5-9-4-3-7-15-9/h3-4,7-8H,5-6,11H2,1-2H3,(H,12,14). The number of nitrogens with two attached hydrogens (primary N) is 1. The molecule has 0 saturated carbocycles.